The molecule has 0 aromatic heterocycles. The van der Waals surface area contributed by atoms with Crippen molar-refractivity contribution in [1.29, 1.82) is 0 Å². The summed E-state index contributed by atoms with van der Waals surface area (Å²) in [5.41, 5.74) is 3.85. The van der Waals surface area contributed by atoms with Gasteiger partial charge in [0.05, 0.1) is 13.2 Å². The number of ether oxygens (including phenoxy) is 1. The second-order valence-corrected chi connectivity index (χ2v) is 5.73. The molecule has 0 aromatic carbocycles. The van der Waals surface area contributed by atoms with Crippen molar-refractivity contribution in [2.45, 2.75) is 45.6 Å². The molecule has 1 heterocycles. The van der Waals surface area contributed by atoms with Crippen LogP contribution in [0.3, 0.4) is 0 Å². The second-order valence-electron chi connectivity index (χ2n) is 5.73. The largest absolute Gasteiger partial charge is 0.461 e. The first-order chi connectivity index (χ1) is 11.5. The minimum absolute atomic E-state index is 0.00196. The van der Waals surface area contributed by atoms with Crippen LogP contribution in [0.15, 0.2) is 11.3 Å². The van der Waals surface area contributed by atoms with E-state index in [-0.39, 0.29) is 37.0 Å². The maximum absolute atomic E-state index is 12.3. The Morgan fingerprint density at radius 3 is 2.71 bits per heavy atom. The Hall–Kier alpha value is -2.22. The number of ketones is 2. The Kier molecular flexibility index (Phi) is 6.08. The number of nitrogens with zero attached hydrogens (tertiary/aromatic N) is 1. The van der Waals surface area contributed by atoms with Crippen molar-refractivity contribution in [3.63, 3.8) is 0 Å². The number of rotatable bonds is 7. The predicted octanol–water partition coefficient (Wildman–Crippen LogP) is -0.159. The van der Waals surface area contributed by atoms with E-state index >= 15 is 0 Å². The molecule has 1 saturated carbocycles. The van der Waals surface area contributed by atoms with Crippen LogP contribution in [0.25, 0.3) is 0 Å². The number of carbonyl (C=O) groups is 4. The Bertz CT molecular complexity index is 584. The molecule has 2 aliphatic rings. The molecule has 0 saturated heterocycles. The minimum atomic E-state index is -0.566. The Labute approximate surface area is 140 Å². The van der Waals surface area contributed by atoms with Gasteiger partial charge in [-0.15, -0.1) is 0 Å². The molecule has 8 nitrogen and oxygen atoms in total. The first-order valence-electron chi connectivity index (χ1n) is 8.22. The van der Waals surface area contributed by atoms with Crippen LogP contribution in [0.4, 0.5) is 0 Å². The van der Waals surface area contributed by atoms with Gasteiger partial charge in [-0.1, -0.05) is 6.92 Å². The van der Waals surface area contributed by atoms with E-state index in [1.165, 1.54) is 5.01 Å². The van der Waals surface area contributed by atoms with Crippen molar-refractivity contribution in [1.82, 2.24) is 15.8 Å². The Balaban J connectivity index is 2.11. The van der Waals surface area contributed by atoms with E-state index in [1.54, 1.807) is 13.8 Å². The van der Waals surface area contributed by atoms with E-state index in [9.17, 15) is 19.2 Å². The van der Waals surface area contributed by atoms with Crippen LogP contribution >= 0.6 is 0 Å². The summed E-state index contributed by atoms with van der Waals surface area (Å²) in [6, 6.07) is -0.566. The van der Waals surface area contributed by atoms with Gasteiger partial charge < -0.3 is 10.1 Å². The monoisotopic (exact) mass is 337 g/mol. The van der Waals surface area contributed by atoms with Crippen molar-refractivity contribution >= 4 is 23.4 Å². The third-order valence-corrected chi connectivity index (χ3v) is 4.05. The molecule has 0 bridgehead atoms. The topological polar surface area (TPSA) is 105 Å². The highest BCUT2D eigenvalue weighted by molar-refractivity contribution is 5.96. The van der Waals surface area contributed by atoms with Crippen LogP contribution in [0.2, 0.25) is 0 Å². The fourth-order valence-corrected chi connectivity index (χ4v) is 2.82. The number of amides is 1. The van der Waals surface area contributed by atoms with Gasteiger partial charge in [0.15, 0.2) is 11.6 Å². The molecule has 1 amide bonds. The summed E-state index contributed by atoms with van der Waals surface area (Å²) in [4.78, 5) is 47.6. The molecule has 1 aliphatic carbocycles. The van der Waals surface area contributed by atoms with Gasteiger partial charge in [0.25, 0.3) is 0 Å². The number of nitrogens with one attached hydrogen (secondary N) is 2. The average Bonchev–Trinajstić information content (AvgIpc) is 2.92. The zero-order chi connectivity index (χ0) is 17.7. The van der Waals surface area contributed by atoms with Crippen LogP contribution in [-0.2, 0) is 23.9 Å². The Morgan fingerprint density at radius 2 is 2.04 bits per heavy atom. The molecule has 0 radical (unpaired) electrons. The molecule has 0 spiro atoms. The van der Waals surface area contributed by atoms with E-state index in [1.807, 2.05) is 0 Å². The standard InChI is InChI=1S/C16H23N3O5/c1-3-10(20)8-17-13(22)9-19-15(16(23)24-4-2)11-6-5-7-12(21)14(11)18-19/h14,18H,3-9H2,1-2H3,(H,17,22). The molecule has 24 heavy (non-hydrogen) atoms. The van der Waals surface area contributed by atoms with Crippen molar-refractivity contribution < 1.29 is 23.9 Å². The molecular weight excluding hydrogens is 314 g/mol. The zero-order valence-electron chi connectivity index (χ0n) is 14.0. The van der Waals surface area contributed by atoms with Crippen molar-refractivity contribution in [2.24, 2.45) is 0 Å². The lowest BCUT2D eigenvalue weighted by atomic mass is 9.89. The summed E-state index contributed by atoms with van der Waals surface area (Å²) >= 11 is 0. The first kappa shape index (κ1) is 18.1. The minimum Gasteiger partial charge on any atom is -0.461 e. The maximum Gasteiger partial charge on any atom is 0.356 e. The van der Waals surface area contributed by atoms with Gasteiger partial charge in [-0.2, -0.15) is 0 Å². The van der Waals surface area contributed by atoms with E-state index < -0.39 is 17.9 Å². The summed E-state index contributed by atoms with van der Waals surface area (Å²) in [5, 5.41) is 3.88. The molecule has 8 heteroatoms. The molecule has 0 aromatic rings. The van der Waals surface area contributed by atoms with Crippen LogP contribution in [-0.4, -0.2) is 54.2 Å². The van der Waals surface area contributed by atoms with Gasteiger partial charge in [0, 0.05) is 12.8 Å². The van der Waals surface area contributed by atoms with Gasteiger partial charge in [-0.25, -0.2) is 10.2 Å². The molecule has 132 valence electrons. The second kappa shape index (κ2) is 8.05. The molecular formula is C16H23N3O5. The maximum atomic E-state index is 12.3. The molecule has 2 rings (SSSR count). The molecule has 1 fully saturated rings. The lowest BCUT2D eigenvalue weighted by molar-refractivity contribution is -0.141. The number of esters is 1. The number of hydrogen-bond donors (Lipinski definition) is 2. The normalized spacial score (nSPS) is 20.0. The number of Topliss-reactive ketones (excluding diaryl/α,β-unsaturated/α-hetero) is 2. The fourth-order valence-electron chi connectivity index (χ4n) is 2.82. The van der Waals surface area contributed by atoms with E-state index in [2.05, 4.69) is 10.7 Å². The van der Waals surface area contributed by atoms with E-state index in [0.717, 1.165) is 0 Å². The highest BCUT2D eigenvalue weighted by atomic mass is 16.5. The van der Waals surface area contributed by atoms with Gasteiger partial charge in [-0.3, -0.25) is 19.4 Å². The Morgan fingerprint density at radius 1 is 1.29 bits per heavy atom. The number of hydrogen-bond acceptors (Lipinski definition) is 7. The fraction of sp³-hybridized carbons (Fsp3) is 0.625. The van der Waals surface area contributed by atoms with E-state index in [0.29, 0.717) is 31.3 Å². The number of fused-ring (bicyclic) bond motifs is 1. The summed E-state index contributed by atoms with van der Waals surface area (Å²) in [6.45, 7) is 3.41. The molecule has 1 atom stereocenters. The molecule has 1 aliphatic heterocycles. The van der Waals surface area contributed by atoms with Crippen molar-refractivity contribution in [3.05, 3.63) is 11.3 Å². The smallest absolute Gasteiger partial charge is 0.356 e. The highest BCUT2D eigenvalue weighted by Crippen LogP contribution is 2.31. The van der Waals surface area contributed by atoms with Gasteiger partial charge in [-0.05, 0) is 25.3 Å². The summed E-state index contributed by atoms with van der Waals surface area (Å²) < 4.78 is 5.06. The van der Waals surface area contributed by atoms with Crippen LogP contribution in [0.5, 0.6) is 0 Å². The van der Waals surface area contributed by atoms with Crippen LogP contribution in [0.1, 0.15) is 39.5 Å². The lowest BCUT2D eigenvalue weighted by Crippen LogP contribution is -2.48. The SMILES string of the molecule is CCOC(=O)C1=C2CCCC(=O)C2NN1CC(=O)NCC(=O)CC. The third kappa shape index (κ3) is 4.00. The number of hydrazine groups is 1. The highest BCUT2D eigenvalue weighted by Gasteiger charge is 2.41. The van der Waals surface area contributed by atoms with Gasteiger partial charge in [0.1, 0.15) is 18.3 Å². The van der Waals surface area contributed by atoms with E-state index in [4.69, 9.17) is 4.74 Å². The summed E-state index contributed by atoms with van der Waals surface area (Å²) in [5.74, 6) is -1.03. The molecule has 2 N–H and O–H groups in total. The van der Waals surface area contributed by atoms with Crippen molar-refractivity contribution in [2.75, 3.05) is 19.7 Å². The van der Waals surface area contributed by atoms with Crippen molar-refractivity contribution in [3.8, 4) is 0 Å². The van der Waals surface area contributed by atoms with Gasteiger partial charge in [0.2, 0.25) is 5.91 Å². The van der Waals surface area contributed by atoms with Crippen LogP contribution < -0.4 is 10.7 Å². The van der Waals surface area contributed by atoms with Gasteiger partial charge >= 0.3 is 5.97 Å². The zero-order valence-corrected chi connectivity index (χ0v) is 14.0. The molecule has 1 unspecified atom stereocenters. The van der Waals surface area contributed by atoms with Crippen LogP contribution in [0, 0.1) is 0 Å². The first-order valence-corrected chi connectivity index (χ1v) is 8.22. The average molecular weight is 337 g/mol. The quantitative estimate of drug-likeness (QED) is 0.622. The summed E-state index contributed by atoms with van der Waals surface area (Å²) in [6.07, 6.45) is 2.09. The summed E-state index contributed by atoms with van der Waals surface area (Å²) in [7, 11) is 0. The lowest BCUT2D eigenvalue weighted by Gasteiger charge is -2.22. The third-order valence-electron chi connectivity index (χ3n) is 4.05. The number of carbonyl (C=O) groups excluding carboxylic acids is 4. The predicted molar refractivity (Wildman–Crippen MR) is 84.5 cm³/mol.